The summed E-state index contributed by atoms with van der Waals surface area (Å²) in [6, 6.07) is 17.1. The van der Waals surface area contributed by atoms with Gasteiger partial charge in [0.25, 0.3) is 0 Å². The Bertz CT molecular complexity index is 948. The summed E-state index contributed by atoms with van der Waals surface area (Å²) in [4.78, 5) is 24.2. The van der Waals surface area contributed by atoms with Crippen molar-refractivity contribution in [3.05, 3.63) is 84.0 Å². The predicted octanol–water partition coefficient (Wildman–Crippen LogP) is 4.27. The Morgan fingerprint density at radius 3 is 2.61 bits per heavy atom. The SMILES string of the molecule is COc1ccc(CO[C@H](CC(=O)C[C@@H](O)/C=C/c2ccccc2)C[C@H]2CC=CC(=O)O2)cc1. The van der Waals surface area contributed by atoms with Gasteiger partial charge in [0.05, 0.1) is 25.9 Å². The van der Waals surface area contributed by atoms with Gasteiger partial charge < -0.3 is 19.3 Å². The molecule has 0 saturated carbocycles. The number of hydrogen-bond acceptors (Lipinski definition) is 6. The molecule has 2 aromatic carbocycles. The Balaban J connectivity index is 1.56. The van der Waals surface area contributed by atoms with Crippen molar-refractivity contribution in [2.75, 3.05) is 7.11 Å². The topological polar surface area (TPSA) is 82.1 Å². The zero-order chi connectivity index (χ0) is 23.5. The lowest BCUT2D eigenvalue weighted by molar-refractivity contribution is -0.146. The summed E-state index contributed by atoms with van der Waals surface area (Å²) in [5.41, 5.74) is 1.90. The number of ketones is 1. The van der Waals surface area contributed by atoms with Gasteiger partial charge in [0.1, 0.15) is 17.6 Å². The van der Waals surface area contributed by atoms with E-state index in [9.17, 15) is 14.7 Å². The molecule has 1 aliphatic heterocycles. The van der Waals surface area contributed by atoms with Crippen molar-refractivity contribution in [3.63, 3.8) is 0 Å². The molecule has 3 atom stereocenters. The first kappa shape index (κ1) is 24.4. The van der Waals surface area contributed by atoms with Crippen molar-refractivity contribution >= 4 is 17.8 Å². The molecule has 174 valence electrons. The highest BCUT2D eigenvalue weighted by Gasteiger charge is 2.24. The number of esters is 1. The summed E-state index contributed by atoms with van der Waals surface area (Å²) in [6.07, 6.45) is 6.07. The van der Waals surface area contributed by atoms with Crippen LogP contribution >= 0.6 is 0 Å². The van der Waals surface area contributed by atoms with Crippen LogP contribution in [0.2, 0.25) is 0 Å². The number of cyclic esters (lactones) is 1. The molecule has 2 aromatic rings. The number of rotatable bonds is 12. The number of carbonyl (C=O) groups is 2. The molecular weight excluding hydrogens is 420 g/mol. The fraction of sp³-hybridized carbons (Fsp3) is 0.333. The van der Waals surface area contributed by atoms with Crippen molar-refractivity contribution in [1.29, 1.82) is 0 Å². The second kappa shape index (κ2) is 12.7. The molecule has 0 aromatic heterocycles. The first-order chi connectivity index (χ1) is 16.0. The molecule has 0 amide bonds. The van der Waals surface area contributed by atoms with Gasteiger partial charge in [0.15, 0.2) is 0 Å². The molecule has 1 N–H and O–H groups in total. The molecule has 0 saturated heterocycles. The Morgan fingerprint density at radius 2 is 1.91 bits per heavy atom. The van der Waals surface area contributed by atoms with Crippen LogP contribution in [0.25, 0.3) is 6.08 Å². The fourth-order valence-corrected chi connectivity index (χ4v) is 3.58. The molecule has 0 bridgehead atoms. The summed E-state index contributed by atoms with van der Waals surface area (Å²) in [5.74, 6) is 0.259. The van der Waals surface area contributed by atoms with E-state index in [4.69, 9.17) is 14.2 Å². The fourth-order valence-electron chi connectivity index (χ4n) is 3.58. The Labute approximate surface area is 194 Å². The second-order valence-electron chi connectivity index (χ2n) is 8.00. The maximum Gasteiger partial charge on any atom is 0.330 e. The number of methoxy groups -OCH3 is 1. The normalized spacial score (nSPS) is 17.5. The van der Waals surface area contributed by atoms with E-state index in [1.807, 2.05) is 54.6 Å². The van der Waals surface area contributed by atoms with Gasteiger partial charge in [-0.2, -0.15) is 0 Å². The summed E-state index contributed by atoms with van der Waals surface area (Å²) < 4.78 is 16.6. The average molecular weight is 451 g/mol. The van der Waals surface area contributed by atoms with Crippen LogP contribution in [-0.4, -0.2) is 42.3 Å². The Hall–Kier alpha value is -3.22. The van der Waals surface area contributed by atoms with E-state index in [0.29, 0.717) is 19.4 Å². The Morgan fingerprint density at radius 1 is 1.15 bits per heavy atom. The van der Waals surface area contributed by atoms with Crippen molar-refractivity contribution in [1.82, 2.24) is 0 Å². The number of hydrogen-bond donors (Lipinski definition) is 1. The molecule has 0 aliphatic carbocycles. The quantitative estimate of drug-likeness (QED) is 0.487. The third kappa shape index (κ3) is 8.67. The van der Waals surface area contributed by atoms with Crippen LogP contribution < -0.4 is 4.74 Å². The molecule has 1 heterocycles. The highest BCUT2D eigenvalue weighted by Crippen LogP contribution is 2.20. The number of ether oxygens (including phenoxy) is 3. The van der Waals surface area contributed by atoms with Crippen molar-refractivity contribution in [3.8, 4) is 5.75 Å². The standard InChI is InChI=1S/C27H30O6/c1-31-24-14-11-21(12-15-24)19-32-26(18-25-8-5-9-27(30)33-25)17-23(29)16-22(28)13-10-20-6-3-2-4-7-20/h2-7,9-15,22,25-26,28H,8,16-19H2,1H3/b13-10+/t22-,25+,26+/m0/s1. The molecular formula is C27H30O6. The van der Waals surface area contributed by atoms with Gasteiger partial charge in [-0.3, -0.25) is 4.79 Å². The predicted molar refractivity (Wildman–Crippen MR) is 126 cm³/mol. The molecule has 0 unspecified atom stereocenters. The number of aliphatic hydroxyl groups excluding tert-OH is 1. The van der Waals surface area contributed by atoms with E-state index >= 15 is 0 Å². The van der Waals surface area contributed by atoms with Crippen LogP contribution in [0, 0.1) is 0 Å². The Kier molecular flexibility index (Phi) is 9.42. The molecule has 6 nitrogen and oxygen atoms in total. The largest absolute Gasteiger partial charge is 0.497 e. The van der Waals surface area contributed by atoms with E-state index in [1.165, 1.54) is 6.08 Å². The van der Waals surface area contributed by atoms with E-state index in [2.05, 4.69) is 0 Å². The number of Topliss-reactive ketones (excluding diaryl/α,β-unsaturated/α-hetero) is 1. The summed E-state index contributed by atoms with van der Waals surface area (Å²) >= 11 is 0. The number of aliphatic hydroxyl groups is 1. The van der Waals surface area contributed by atoms with Crippen molar-refractivity contribution in [2.24, 2.45) is 0 Å². The van der Waals surface area contributed by atoms with Gasteiger partial charge in [-0.15, -0.1) is 0 Å². The highest BCUT2D eigenvalue weighted by atomic mass is 16.5. The first-order valence-electron chi connectivity index (χ1n) is 11.1. The van der Waals surface area contributed by atoms with Gasteiger partial charge in [0.2, 0.25) is 0 Å². The lowest BCUT2D eigenvalue weighted by Crippen LogP contribution is -2.29. The van der Waals surface area contributed by atoms with Gasteiger partial charge in [0, 0.05) is 31.8 Å². The van der Waals surface area contributed by atoms with E-state index < -0.39 is 12.2 Å². The monoisotopic (exact) mass is 450 g/mol. The maximum absolute atomic E-state index is 12.7. The smallest absolute Gasteiger partial charge is 0.330 e. The number of benzene rings is 2. The molecule has 0 spiro atoms. The molecule has 33 heavy (non-hydrogen) atoms. The zero-order valence-corrected chi connectivity index (χ0v) is 18.8. The van der Waals surface area contributed by atoms with Crippen LogP contribution in [0.4, 0.5) is 0 Å². The first-order valence-corrected chi connectivity index (χ1v) is 11.1. The van der Waals surface area contributed by atoms with Gasteiger partial charge in [-0.05, 0) is 23.3 Å². The minimum Gasteiger partial charge on any atom is -0.497 e. The lowest BCUT2D eigenvalue weighted by atomic mass is 10.00. The summed E-state index contributed by atoms with van der Waals surface area (Å²) in [6.45, 7) is 0.314. The average Bonchev–Trinajstić information content (AvgIpc) is 2.82. The van der Waals surface area contributed by atoms with Gasteiger partial charge in [-0.25, -0.2) is 4.79 Å². The number of carbonyl (C=O) groups excluding carboxylic acids is 2. The lowest BCUT2D eigenvalue weighted by Gasteiger charge is -2.24. The molecule has 3 rings (SSSR count). The third-order valence-corrected chi connectivity index (χ3v) is 5.31. The summed E-state index contributed by atoms with van der Waals surface area (Å²) in [7, 11) is 1.61. The summed E-state index contributed by atoms with van der Waals surface area (Å²) in [5, 5.41) is 10.3. The molecule has 0 fully saturated rings. The zero-order valence-electron chi connectivity index (χ0n) is 18.8. The van der Waals surface area contributed by atoms with Crippen molar-refractivity contribution < 1.29 is 28.9 Å². The van der Waals surface area contributed by atoms with E-state index in [-0.39, 0.29) is 30.7 Å². The van der Waals surface area contributed by atoms with Crippen molar-refractivity contribution in [2.45, 2.75) is 50.6 Å². The molecule has 6 heteroatoms. The van der Waals surface area contributed by atoms with E-state index in [0.717, 1.165) is 16.9 Å². The highest BCUT2D eigenvalue weighted by molar-refractivity contribution is 5.82. The van der Waals surface area contributed by atoms with Gasteiger partial charge in [-0.1, -0.05) is 60.7 Å². The molecule has 0 radical (unpaired) electrons. The maximum atomic E-state index is 12.7. The minimum atomic E-state index is -0.879. The van der Waals surface area contributed by atoms with Crippen LogP contribution in [-0.2, 0) is 25.7 Å². The third-order valence-electron chi connectivity index (χ3n) is 5.31. The molecule has 1 aliphatic rings. The van der Waals surface area contributed by atoms with Crippen LogP contribution in [0.15, 0.2) is 72.8 Å². The van der Waals surface area contributed by atoms with Crippen LogP contribution in [0.5, 0.6) is 5.75 Å². The minimum absolute atomic E-state index is 0.00388. The van der Waals surface area contributed by atoms with Crippen LogP contribution in [0.1, 0.15) is 36.8 Å². The van der Waals surface area contributed by atoms with E-state index in [1.54, 1.807) is 25.3 Å². The van der Waals surface area contributed by atoms with Gasteiger partial charge >= 0.3 is 5.97 Å². The second-order valence-corrected chi connectivity index (χ2v) is 8.00. The van der Waals surface area contributed by atoms with Crippen LogP contribution in [0.3, 0.4) is 0 Å².